The maximum Gasteiger partial charge on any atom is 0.335 e. The molecule has 37 heavy (non-hydrogen) atoms. The minimum atomic E-state index is -0.655. The summed E-state index contributed by atoms with van der Waals surface area (Å²) in [4.78, 5) is 16.6. The molecule has 2 heterocycles. The smallest absolute Gasteiger partial charge is 0.335 e. The molecule has 7 nitrogen and oxygen atoms in total. The Balaban J connectivity index is 1.77. The number of H-pyrrole nitrogens is 1. The molecule has 1 atom stereocenters. The Hall–Kier alpha value is -4.39. The standard InChI is InChI=1S/C30H29NO6/c1-6-36-30(33)26-16(2)11-24-28(27(26)18-12-19(34-4)14-20(13-18)35-5)29(32)25(37-24)15-22-17(3)31-23-10-8-7-9-21(22)23/h7-15,27,31-32H,6H2,1-5H3. The maximum absolute atomic E-state index is 13.2. The molecule has 4 aromatic rings. The van der Waals surface area contributed by atoms with Crippen molar-refractivity contribution < 1.29 is 28.5 Å². The van der Waals surface area contributed by atoms with Gasteiger partial charge in [0.2, 0.25) is 0 Å². The number of hydrogen-bond donors (Lipinski definition) is 2. The first-order chi connectivity index (χ1) is 17.9. The van der Waals surface area contributed by atoms with Gasteiger partial charge in [-0.15, -0.1) is 0 Å². The first-order valence-electron chi connectivity index (χ1n) is 12.1. The fourth-order valence-electron chi connectivity index (χ4n) is 5.03. The molecule has 190 valence electrons. The first-order valence-corrected chi connectivity index (χ1v) is 12.1. The average Bonchev–Trinajstić information content (AvgIpc) is 3.38. The number of carbonyl (C=O) groups excluding carboxylic acids is 1. The van der Waals surface area contributed by atoms with Gasteiger partial charge >= 0.3 is 5.97 Å². The second-order valence-corrected chi connectivity index (χ2v) is 8.99. The van der Waals surface area contributed by atoms with Gasteiger partial charge in [-0.2, -0.15) is 0 Å². The van der Waals surface area contributed by atoms with E-state index in [9.17, 15) is 9.90 Å². The molecule has 1 aliphatic rings. The van der Waals surface area contributed by atoms with Crippen molar-refractivity contribution in [3.8, 4) is 17.2 Å². The van der Waals surface area contributed by atoms with Crippen LogP contribution in [0.25, 0.3) is 23.1 Å². The normalized spacial score (nSPS) is 15.5. The summed E-state index contributed by atoms with van der Waals surface area (Å²) in [5.74, 6) is -0.00618. The van der Waals surface area contributed by atoms with Crippen molar-refractivity contribution >= 4 is 29.0 Å². The van der Waals surface area contributed by atoms with Gasteiger partial charge in [0.15, 0.2) is 11.2 Å². The van der Waals surface area contributed by atoms with Gasteiger partial charge in [-0.25, -0.2) is 4.79 Å². The molecule has 7 heteroatoms. The van der Waals surface area contributed by atoms with Crippen molar-refractivity contribution in [1.29, 1.82) is 0 Å². The lowest BCUT2D eigenvalue weighted by Crippen LogP contribution is -2.24. The van der Waals surface area contributed by atoms with Crippen molar-refractivity contribution in [1.82, 2.24) is 4.98 Å². The third-order valence-corrected chi connectivity index (χ3v) is 6.74. The fourth-order valence-corrected chi connectivity index (χ4v) is 5.03. The number of hydrogen-bond acceptors (Lipinski definition) is 6. The molecule has 0 bridgehead atoms. The molecule has 0 spiro atoms. The third-order valence-electron chi connectivity index (χ3n) is 6.74. The highest BCUT2D eigenvalue weighted by atomic mass is 16.5. The summed E-state index contributed by atoms with van der Waals surface area (Å²) >= 11 is 0. The van der Waals surface area contributed by atoms with E-state index >= 15 is 0 Å². The first kappa shape index (κ1) is 24.3. The minimum Gasteiger partial charge on any atom is -0.504 e. The molecule has 2 N–H and O–H groups in total. The molecule has 0 amide bonds. The Kier molecular flexibility index (Phi) is 6.29. The number of aromatic nitrogens is 1. The average molecular weight is 500 g/mol. The van der Waals surface area contributed by atoms with Gasteiger partial charge in [-0.05, 0) is 62.3 Å². The highest BCUT2D eigenvalue weighted by Gasteiger charge is 2.35. The highest BCUT2D eigenvalue weighted by molar-refractivity contribution is 5.95. The van der Waals surface area contributed by atoms with Crippen LogP contribution in [-0.2, 0) is 9.53 Å². The molecule has 0 radical (unpaired) electrons. The summed E-state index contributed by atoms with van der Waals surface area (Å²) in [5.41, 5.74) is 5.99. The predicted molar refractivity (Wildman–Crippen MR) is 141 cm³/mol. The van der Waals surface area contributed by atoms with Gasteiger partial charge < -0.3 is 28.7 Å². The van der Waals surface area contributed by atoms with Crippen molar-refractivity contribution in [2.75, 3.05) is 20.8 Å². The Morgan fingerprint density at radius 2 is 1.81 bits per heavy atom. The SMILES string of the molecule is CCOC(=O)C1=C(C)C=c2oc(=Cc3c(C)[nH]c4ccccc34)c(O)c2C1c1cc(OC)cc(OC)c1. The quantitative estimate of drug-likeness (QED) is 0.382. The number of carbonyl (C=O) groups is 1. The molecule has 0 fully saturated rings. The lowest BCUT2D eigenvalue weighted by Gasteiger charge is -2.24. The Bertz CT molecular complexity index is 1650. The summed E-state index contributed by atoms with van der Waals surface area (Å²) in [6.45, 7) is 5.81. The molecule has 1 aliphatic carbocycles. The van der Waals surface area contributed by atoms with E-state index in [1.165, 1.54) is 0 Å². The van der Waals surface area contributed by atoms with Crippen LogP contribution in [0.5, 0.6) is 17.2 Å². The maximum atomic E-state index is 13.2. The Morgan fingerprint density at radius 3 is 2.49 bits per heavy atom. The summed E-state index contributed by atoms with van der Waals surface area (Å²) in [7, 11) is 3.13. The monoisotopic (exact) mass is 499 g/mol. The summed E-state index contributed by atoms with van der Waals surface area (Å²) in [6.07, 6.45) is 3.60. The van der Waals surface area contributed by atoms with Crippen molar-refractivity contribution in [2.24, 2.45) is 0 Å². The number of para-hydroxylation sites is 1. The van der Waals surface area contributed by atoms with E-state index in [0.29, 0.717) is 44.6 Å². The molecule has 2 aromatic carbocycles. The lowest BCUT2D eigenvalue weighted by molar-refractivity contribution is -0.138. The number of fused-ring (bicyclic) bond motifs is 2. The van der Waals surface area contributed by atoms with Crippen molar-refractivity contribution in [3.63, 3.8) is 0 Å². The molecular formula is C30H29NO6. The van der Waals surface area contributed by atoms with E-state index in [-0.39, 0.29) is 12.4 Å². The van der Waals surface area contributed by atoms with Gasteiger partial charge in [-0.3, -0.25) is 0 Å². The van der Waals surface area contributed by atoms with Gasteiger partial charge in [0.25, 0.3) is 0 Å². The number of benzene rings is 2. The van der Waals surface area contributed by atoms with Crippen LogP contribution in [0.3, 0.4) is 0 Å². The Labute approximate surface area is 214 Å². The minimum absolute atomic E-state index is 0.0305. The van der Waals surface area contributed by atoms with Crippen LogP contribution in [0, 0.1) is 6.92 Å². The lowest BCUT2D eigenvalue weighted by atomic mass is 9.80. The van der Waals surface area contributed by atoms with Crippen LogP contribution in [0.15, 0.2) is 58.0 Å². The number of aromatic amines is 1. The van der Waals surface area contributed by atoms with Crippen LogP contribution in [0.2, 0.25) is 0 Å². The zero-order valence-corrected chi connectivity index (χ0v) is 21.5. The topological polar surface area (TPSA) is 93.9 Å². The van der Waals surface area contributed by atoms with E-state index in [4.69, 9.17) is 18.6 Å². The summed E-state index contributed by atoms with van der Waals surface area (Å²) in [6, 6.07) is 13.4. The number of ether oxygens (including phenoxy) is 3. The fraction of sp³-hybridized carbons (Fsp3) is 0.233. The van der Waals surface area contributed by atoms with Crippen LogP contribution >= 0.6 is 0 Å². The molecule has 2 aromatic heterocycles. The zero-order valence-electron chi connectivity index (χ0n) is 21.5. The predicted octanol–water partition coefficient (Wildman–Crippen LogP) is 4.43. The number of aromatic hydroxyl groups is 1. The van der Waals surface area contributed by atoms with E-state index in [0.717, 1.165) is 22.2 Å². The third kappa shape index (κ3) is 4.16. The number of rotatable bonds is 6. The van der Waals surface area contributed by atoms with Gasteiger partial charge in [0, 0.05) is 34.1 Å². The van der Waals surface area contributed by atoms with Crippen LogP contribution < -0.4 is 20.3 Å². The molecule has 1 unspecified atom stereocenters. The number of furan rings is 1. The van der Waals surface area contributed by atoms with Crippen LogP contribution in [0.4, 0.5) is 0 Å². The number of aryl methyl sites for hydroxylation is 1. The highest BCUT2D eigenvalue weighted by Crippen LogP contribution is 2.41. The zero-order chi connectivity index (χ0) is 26.3. The van der Waals surface area contributed by atoms with E-state index in [1.54, 1.807) is 33.3 Å². The van der Waals surface area contributed by atoms with Gasteiger partial charge in [-0.1, -0.05) is 18.2 Å². The van der Waals surface area contributed by atoms with Crippen molar-refractivity contribution in [2.45, 2.75) is 26.7 Å². The number of methoxy groups -OCH3 is 2. The summed E-state index contributed by atoms with van der Waals surface area (Å²) in [5, 5.41) is 12.6. The molecule has 5 rings (SSSR count). The van der Waals surface area contributed by atoms with E-state index in [1.807, 2.05) is 56.3 Å². The van der Waals surface area contributed by atoms with Gasteiger partial charge in [0.1, 0.15) is 16.9 Å². The molecule has 0 saturated carbocycles. The molecule has 0 saturated heterocycles. The van der Waals surface area contributed by atoms with Gasteiger partial charge in [0.05, 0.1) is 32.0 Å². The summed E-state index contributed by atoms with van der Waals surface area (Å²) < 4.78 is 22.6. The number of allylic oxidation sites excluding steroid dienone is 1. The van der Waals surface area contributed by atoms with Crippen LogP contribution in [-0.4, -0.2) is 36.9 Å². The van der Waals surface area contributed by atoms with Crippen molar-refractivity contribution in [3.05, 3.63) is 86.8 Å². The largest absolute Gasteiger partial charge is 0.504 e. The number of esters is 1. The second kappa shape index (κ2) is 9.58. The van der Waals surface area contributed by atoms with E-state index in [2.05, 4.69) is 4.98 Å². The second-order valence-electron chi connectivity index (χ2n) is 8.99. The molecule has 0 aliphatic heterocycles. The number of nitrogens with one attached hydrogen (secondary N) is 1. The van der Waals surface area contributed by atoms with Crippen LogP contribution in [0.1, 0.15) is 42.1 Å². The Morgan fingerprint density at radius 1 is 1.11 bits per heavy atom. The van der Waals surface area contributed by atoms with E-state index < -0.39 is 11.9 Å². The molecular weight excluding hydrogens is 470 g/mol.